The van der Waals surface area contributed by atoms with Gasteiger partial charge in [-0.3, -0.25) is 15.1 Å². The van der Waals surface area contributed by atoms with Crippen molar-refractivity contribution in [1.82, 2.24) is 9.97 Å². The van der Waals surface area contributed by atoms with Crippen molar-refractivity contribution in [3.63, 3.8) is 0 Å². The highest BCUT2D eigenvalue weighted by Gasteiger charge is 2.14. The lowest BCUT2D eigenvalue weighted by Gasteiger charge is -2.10. The van der Waals surface area contributed by atoms with Crippen molar-refractivity contribution in [3.05, 3.63) is 94.9 Å². The van der Waals surface area contributed by atoms with E-state index in [9.17, 15) is 10.1 Å². The largest absolute Gasteiger partial charge is 0.439 e. The highest BCUT2D eigenvalue weighted by Crippen LogP contribution is 2.31. The Morgan fingerprint density at radius 3 is 2.57 bits per heavy atom. The number of hydrogen-bond acceptors (Lipinski definition) is 6. The molecule has 2 aromatic carbocycles. The van der Waals surface area contributed by atoms with Gasteiger partial charge in [-0.15, -0.1) is 0 Å². The van der Waals surface area contributed by atoms with Gasteiger partial charge in [-0.1, -0.05) is 24.3 Å². The van der Waals surface area contributed by atoms with Crippen LogP contribution in [-0.2, 0) is 6.54 Å². The van der Waals surface area contributed by atoms with Crippen molar-refractivity contribution >= 4 is 22.1 Å². The van der Waals surface area contributed by atoms with Gasteiger partial charge in [0.2, 0.25) is 5.88 Å². The highest BCUT2D eigenvalue weighted by molar-refractivity contribution is 5.99. The first-order chi connectivity index (χ1) is 13.7. The third kappa shape index (κ3) is 3.73. The summed E-state index contributed by atoms with van der Waals surface area (Å²) in [5.74, 6) is 1.24. The number of para-hydroxylation sites is 1. The van der Waals surface area contributed by atoms with E-state index in [2.05, 4.69) is 15.3 Å². The van der Waals surface area contributed by atoms with Gasteiger partial charge >= 0.3 is 0 Å². The van der Waals surface area contributed by atoms with Crippen LogP contribution in [0.25, 0.3) is 10.8 Å². The Kier molecular flexibility index (Phi) is 4.79. The molecular formula is C21H16N4O3. The zero-order chi connectivity index (χ0) is 19.3. The van der Waals surface area contributed by atoms with Crippen LogP contribution < -0.4 is 10.1 Å². The minimum atomic E-state index is -0.400. The van der Waals surface area contributed by atoms with Crippen LogP contribution in [-0.4, -0.2) is 14.9 Å². The normalized spacial score (nSPS) is 10.6. The molecule has 0 unspecified atom stereocenters. The molecule has 4 rings (SSSR count). The monoisotopic (exact) mass is 372 g/mol. The van der Waals surface area contributed by atoms with Gasteiger partial charge in [0.1, 0.15) is 5.75 Å². The number of nitrogens with one attached hydrogen (secondary N) is 1. The van der Waals surface area contributed by atoms with Gasteiger partial charge in [-0.2, -0.15) is 0 Å². The fourth-order valence-corrected chi connectivity index (χ4v) is 2.87. The van der Waals surface area contributed by atoms with Crippen LogP contribution in [0.3, 0.4) is 0 Å². The molecular weight excluding hydrogens is 356 g/mol. The van der Waals surface area contributed by atoms with Crippen LogP contribution in [0.2, 0.25) is 0 Å². The van der Waals surface area contributed by atoms with Crippen molar-refractivity contribution in [2.24, 2.45) is 0 Å². The van der Waals surface area contributed by atoms with Gasteiger partial charge in [0.25, 0.3) is 5.69 Å². The number of rotatable bonds is 6. The first-order valence-corrected chi connectivity index (χ1v) is 8.63. The second-order valence-electron chi connectivity index (χ2n) is 6.08. The molecule has 0 saturated heterocycles. The Morgan fingerprint density at radius 1 is 0.964 bits per heavy atom. The number of hydrogen-bond donors (Lipinski definition) is 1. The van der Waals surface area contributed by atoms with Crippen LogP contribution in [0.15, 0.2) is 79.3 Å². The highest BCUT2D eigenvalue weighted by atomic mass is 16.6. The number of benzene rings is 2. The number of anilines is 1. The predicted octanol–water partition coefficient (Wildman–Crippen LogP) is 4.94. The summed E-state index contributed by atoms with van der Waals surface area (Å²) in [6, 6.07) is 18.1. The molecule has 0 aliphatic heterocycles. The van der Waals surface area contributed by atoms with E-state index < -0.39 is 4.92 Å². The second kappa shape index (κ2) is 7.71. The molecule has 0 aliphatic carbocycles. The fourth-order valence-electron chi connectivity index (χ4n) is 2.87. The molecule has 0 radical (unpaired) electrons. The van der Waals surface area contributed by atoms with E-state index >= 15 is 0 Å². The molecule has 7 nitrogen and oxygen atoms in total. The van der Waals surface area contributed by atoms with Gasteiger partial charge < -0.3 is 10.1 Å². The average molecular weight is 372 g/mol. The van der Waals surface area contributed by atoms with E-state index in [0.717, 1.165) is 22.4 Å². The van der Waals surface area contributed by atoms with E-state index in [-0.39, 0.29) is 5.69 Å². The van der Waals surface area contributed by atoms with Crippen LogP contribution >= 0.6 is 0 Å². The molecule has 2 aromatic heterocycles. The summed E-state index contributed by atoms with van der Waals surface area (Å²) in [4.78, 5) is 19.1. The van der Waals surface area contributed by atoms with Crippen molar-refractivity contribution in [2.45, 2.75) is 6.54 Å². The summed E-state index contributed by atoms with van der Waals surface area (Å²) in [5.41, 5.74) is 1.80. The van der Waals surface area contributed by atoms with Gasteiger partial charge in [0.05, 0.1) is 10.3 Å². The second-order valence-corrected chi connectivity index (χ2v) is 6.08. The zero-order valence-electron chi connectivity index (χ0n) is 14.8. The van der Waals surface area contributed by atoms with Gasteiger partial charge in [0, 0.05) is 48.3 Å². The lowest BCUT2D eigenvalue weighted by molar-refractivity contribution is -0.383. The van der Waals surface area contributed by atoms with E-state index in [1.807, 2.05) is 42.5 Å². The van der Waals surface area contributed by atoms with Crippen LogP contribution in [0, 0.1) is 10.1 Å². The first kappa shape index (κ1) is 17.4. The van der Waals surface area contributed by atoms with E-state index in [1.54, 1.807) is 24.5 Å². The van der Waals surface area contributed by atoms with Gasteiger partial charge in [-0.05, 0) is 29.8 Å². The van der Waals surface area contributed by atoms with E-state index in [4.69, 9.17) is 4.74 Å². The SMILES string of the molecule is O=[N+]([O-])c1ccc(NCc2ccc(Oc3ccccc3)nc2)c2ccncc12. The number of fused-ring (bicyclic) bond motifs is 1. The van der Waals surface area contributed by atoms with Crippen molar-refractivity contribution in [3.8, 4) is 11.6 Å². The summed E-state index contributed by atoms with van der Waals surface area (Å²) in [5, 5.41) is 15.8. The predicted molar refractivity (Wildman–Crippen MR) is 106 cm³/mol. The van der Waals surface area contributed by atoms with Crippen molar-refractivity contribution in [1.29, 1.82) is 0 Å². The number of ether oxygens (including phenoxy) is 1. The minimum Gasteiger partial charge on any atom is -0.439 e. The molecule has 0 aliphatic rings. The molecule has 4 aromatic rings. The lowest BCUT2D eigenvalue weighted by atomic mass is 10.1. The quantitative estimate of drug-likeness (QED) is 0.381. The molecule has 0 bridgehead atoms. The standard InChI is InChI=1S/C21H16N4O3/c26-25(27)20-8-7-19(17-10-11-22-14-18(17)20)23-12-15-6-9-21(24-13-15)28-16-4-2-1-3-5-16/h1-11,13-14,23H,12H2. The number of nitrogens with zero attached hydrogens (tertiary/aromatic N) is 3. The Bertz CT molecular complexity index is 1120. The number of nitro groups is 1. The molecule has 0 atom stereocenters. The first-order valence-electron chi connectivity index (χ1n) is 8.63. The van der Waals surface area contributed by atoms with Crippen LogP contribution in [0.1, 0.15) is 5.56 Å². The number of pyridine rings is 2. The Hall–Kier alpha value is -4.00. The maximum atomic E-state index is 11.2. The summed E-state index contributed by atoms with van der Waals surface area (Å²) in [7, 11) is 0. The topological polar surface area (TPSA) is 90.2 Å². The van der Waals surface area contributed by atoms with Gasteiger partial charge in [-0.25, -0.2) is 4.98 Å². The third-order valence-corrected chi connectivity index (χ3v) is 4.24. The van der Waals surface area contributed by atoms with E-state index in [1.165, 1.54) is 12.3 Å². The van der Waals surface area contributed by atoms with Crippen LogP contribution in [0.5, 0.6) is 11.6 Å². The van der Waals surface area contributed by atoms with Crippen molar-refractivity contribution in [2.75, 3.05) is 5.32 Å². The third-order valence-electron chi connectivity index (χ3n) is 4.24. The van der Waals surface area contributed by atoms with Crippen LogP contribution in [0.4, 0.5) is 11.4 Å². The Balaban J connectivity index is 1.49. The molecule has 2 heterocycles. The Morgan fingerprint density at radius 2 is 1.82 bits per heavy atom. The fraction of sp³-hybridized carbons (Fsp3) is 0.0476. The van der Waals surface area contributed by atoms with Crippen molar-refractivity contribution < 1.29 is 9.66 Å². The molecule has 28 heavy (non-hydrogen) atoms. The number of nitro benzene ring substituents is 1. The Labute approximate surface area is 160 Å². The summed E-state index contributed by atoms with van der Waals surface area (Å²) >= 11 is 0. The average Bonchev–Trinajstić information content (AvgIpc) is 2.73. The van der Waals surface area contributed by atoms with Gasteiger partial charge in [0.15, 0.2) is 0 Å². The smallest absolute Gasteiger partial charge is 0.278 e. The molecule has 0 spiro atoms. The lowest BCUT2D eigenvalue weighted by Crippen LogP contribution is -2.01. The number of non-ortho nitro benzene ring substituents is 1. The summed E-state index contributed by atoms with van der Waals surface area (Å²) in [6.07, 6.45) is 4.87. The molecule has 138 valence electrons. The molecule has 0 amide bonds. The molecule has 7 heteroatoms. The summed E-state index contributed by atoms with van der Waals surface area (Å²) in [6.45, 7) is 0.522. The molecule has 0 saturated carbocycles. The molecule has 0 fully saturated rings. The zero-order valence-corrected chi connectivity index (χ0v) is 14.8. The maximum Gasteiger partial charge on any atom is 0.278 e. The maximum absolute atomic E-state index is 11.2. The number of aromatic nitrogens is 2. The van der Waals surface area contributed by atoms with E-state index in [0.29, 0.717) is 17.8 Å². The minimum absolute atomic E-state index is 0.0396. The molecule has 1 N–H and O–H groups in total. The summed E-state index contributed by atoms with van der Waals surface area (Å²) < 4.78 is 5.69.